The molecule has 0 N–H and O–H groups in total. The Hall–Kier alpha value is -4.16. The van der Waals surface area contributed by atoms with E-state index in [0.717, 1.165) is 54.5 Å². The van der Waals surface area contributed by atoms with Crippen molar-refractivity contribution in [3.05, 3.63) is 113 Å². The summed E-state index contributed by atoms with van der Waals surface area (Å²) in [5.41, 5.74) is 3.00. The van der Waals surface area contributed by atoms with Gasteiger partial charge < -0.3 is 9.47 Å². The van der Waals surface area contributed by atoms with Crippen LogP contribution in [-0.4, -0.2) is 58.1 Å². The van der Waals surface area contributed by atoms with E-state index < -0.39 is 0 Å². The fourth-order valence-corrected chi connectivity index (χ4v) is 4.96. The van der Waals surface area contributed by atoms with E-state index in [4.69, 9.17) is 0 Å². The Kier molecular flexibility index (Phi) is 8.64. The molecule has 5 heteroatoms. The molecule has 1 aliphatic rings. The first-order valence-electron chi connectivity index (χ1n) is 13.2. The first-order valence-corrected chi connectivity index (χ1v) is 13.2. The van der Waals surface area contributed by atoms with E-state index in [0.29, 0.717) is 25.7 Å². The van der Waals surface area contributed by atoms with Crippen LogP contribution in [0.4, 0.5) is 0 Å². The lowest BCUT2D eigenvalue weighted by molar-refractivity contribution is 0.126. The Morgan fingerprint density at radius 3 is 2.05 bits per heavy atom. The van der Waals surface area contributed by atoms with Gasteiger partial charge in [-0.15, -0.1) is 0 Å². The zero-order valence-electron chi connectivity index (χ0n) is 21.6. The fourth-order valence-electron chi connectivity index (χ4n) is 4.96. The second-order valence-electron chi connectivity index (χ2n) is 9.57. The van der Waals surface area contributed by atoms with Crippen LogP contribution in [-0.2, 0) is 6.54 Å². The molecule has 1 saturated heterocycles. The van der Waals surface area contributed by atoms with Gasteiger partial charge in [0.15, 0.2) is 0 Å². The lowest BCUT2D eigenvalue weighted by Gasteiger charge is -2.37. The van der Waals surface area contributed by atoms with E-state index in [2.05, 4.69) is 38.5 Å². The van der Waals surface area contributed by atoms with E-state index >= 15 is 0 Å². The number of piperidine rings is 1. The SMILES string of the molecule is O=c1ccc2ccncc2n1CCN1CCC(N(CC#Cc2ccccc2)CC#Cc2ccccc2)CC1. The third kappa shape index (κ3) is 6.78. The highest BCUT2D eigenvalue weighted by Gasteiger charge is 2.23. The van der Waals surface area contributed by atoms with E-state index in [1.54, 1.807) is 18.5 Å². The van der Waals surface area contributed by atoms with Crippen molar-refractivity contribution < 1.29 is 0 Å². The minimum Gasteiger partial charge on any atom is -0.305 e. The highest BCUT2D eigenvalue weighted by molar-refractivity contribution is 5.77. The average molecular weight is 501 g/mol. The van der Waals surface area contributed by atoms with Gasteiger partial charge in [0.1, 0.15) is 0 Å². The quantitative estimate of drug-likeness (QED) is 0.371. The monoisotopic (exact) mass is 500 g/mol. The molecule has 5 rings (SSSR count). The van der Waals surface area contributed by atoms with Crippen molar-refractivity contribution in [2.75, 3.05) is 32.7 Å². The van der Waals surface area contributed by atoms with Gasteiger partial charge in [-0.2, -0.15) is 0 Å². The molecule has 0 atom stereocenters. The lowest BCUT2D eigenvalue weighted by atomic mass is 10.0. The number of rotatable bonds is 6. The van der Waals surface area contributed by atoms with Gasteiger partial charge in [-0.25, -0.2) is 0 Å². The zero-order valence-corrected chi connectivity index (χ0v) is 21.6. The van der Waals surface area contributed by atoms with Gasteiger partial charge in [-0.1, -0.05) is 60.1 Å². The van der Waals surface area contributed by atoms with Crippen molar-refractivity contribution >= 4 is 10.9 Å². The second kappa shape index (κ2) is 12.9. The molecular weight excluding hydrogens is 468 g/mol. The summed E-state index contributed by atoms with van der Waals surface area (Å²) in [6.45, 7) is 4.90. The summed E-state index contributed by atoms with van der Waals surface area (Å²) < 4.78 is 1.85. The van der Waals surface area contributed by atoms with Crippen molar-refractivity contribution in [3.63, 3.8) is 0 Å². The number of hydrogen-bond donors (Lipinski definition) is 0. The largest absolute Gasteiger partial charge is 0.305 e. The highest BCUT2D eigenvalue weighted by Crippen LogP contribution is 2.17. The maximum Gasteiger partial charge on any atom is 0.251 e. The van der Waals surface area contributed by atoms with Gasteiger partial charge in [-0.3, -0.25) is 14.7 Å². The molecule has 38 heavy (non-hydrogen) atoms. The third-order valence-corrected chi connectivity index (χ3v) is 7.09. The van der Waals surface area contributed by atoms with Crippen molar-refractivity contribution in [1.29, 1.82) is 0 Å². The Morgan fingerprint density at radius 1 is 0.789 bits per heavy atom. The van der Waals surface area contributed by atoms with Crippen LogP contribution >= 0.6 is 0 Å². The maximum atomic E-state index is 12.5. The van der Waals surface area contributed by atoms with E-state index in [1.165, 1.54) is 0 Å². The van der Waals surface area contributed by atoms with Gasteiger partial charge in [0.05, 0.1) is 24.8 Å². The second-order valence-corrected chi connectivity index (χ2v) is 9.57. The standard InChI is InChI=1S/C33H32N4O/c38-33-16-15-30-17-20-34-27-32(30)37(33)26-25-35-23-18-31(19-24-35)36(21-7-13-28-9-3-1-4-10-28)22-8-14-29-11-5-2-6-12-29/h1-6,9-12,15-17,20,27,31H,18-19,21-26H2. The number of aromatic nitrogens is 2. The minimum absolute atomic E-state index is 0.0283. The molecule has 0 aliphatic carbocycles. The van der Waals surface area contributed by atoms with Crippen molar-refractivity contribution in [3.8, 4) is 23.7 Å². The number of fused-ring (bicyclic) bond motifs is 1. The lowest BCUT2D eigenvalue weighted by Crippen LogP contribution is -2.46. The Morgan fingerprint density at radius 2 is 1.42 bits per heavy atom. The molecule has 190 valence electrons. The Bertz CT molecular complexity index is 1460. The van der Waals surface area contributed by atoms with E-state index in [-0.39, 0.29) is 5.56 Å². The highest BCUT2D eigenvalue weighted by atomic mass is 16.1. The molecule has 0 saturated carbocycles. The summed E-state index contributed by atoms with van der Waals surface area (Å²) in [5, 5.41) is 1.04. The van der Waals surface area contributed by atoms with Gasteiger partial charge >= 0.3 is 0 Å². The molecule has 1 fully saturated rings. The first kappa shape index (κ1) is 25.5. The van der Waals surface area contributed by atoms with Gasteiger partial charge in [0.25, 0.3) is 5.56 Å². The van der Waals surface area contributed by atoms with Crippen LogP contribution in [0.15, 0.2) is 96.1 Å². The van der Waals surface area contributed by atoms with Crippen LogP contribution in [0.25, 0.3) is 10.9 Å². The predicted octanol–water partition coefficient (Wildman–Crippen LogP) is 4.27. The van der Waals surface area contributed by atoms with Crippen LogP contribution in [0.2, 0.25) is 0 Å². The molecule has 0 unspecified atom stereocenters. The molecular formula is C33H32N4O. The van der Waals surface area contributed by atoms with E-state index in [1.807, 2.05) is 77.4 Å². The molecule has 5 nitrogen and oxygen atoms in total. The molecule has 0 radical (unpaired) electrons. The van der Waals surface area contributed by atoms with Gasteiger partial charge in [0.2, 0.25) is 0 Å². The van der Waals surface area contributed by atoms with Gasteiger partial charge in [-0.05, 0) is 62.3 Å². The fraction of sp³-hybridized carbons (Fsp3) is 0.273. The maximum absolute atomic E-state index is 12.5. The third-order valence-electron chi connectivity index (χ3n) is 7.09. The zero-order chi connectivity index (χ0) is 26.0. The summed E-state index contributed by atoms with van der Waals surface area (Å²) in [6, 6.07) is 26.2. The van der Waals surface area contributed by atoms with Crippen molar-refractivity contribution in [2.45, 2.75) is 25.4 Å². The minimum atomic E-state index is 0.0283. The van der Waals surface area contributed by atoms with E-state index in [9.17, 15) is 4.79 Å². The molecule has 3 heterocycles. The number of pyridine rings is 2. The molecule has 0 bridgehead atoms. The van der Waals surface area contributed by atoms with Crippen LogP contribution in [0.3, 0.4) is 0 Å². The normalized spacial score (nSPS) is 14.0. The van der Waals surface area contributed by atoms with Crippen molar-refractivity contribution in [1.82, 2.24) is 19.4 Å². The summed E-state index contributed by atoms with van der Waals surface area (Å²) in [4.78, 5) is 21.6. The van der Waals surface area contributed by atoms with Crippen LogP contribution in [0.1, 0.15) is 24.0 Å². The molecule has 1 aliphatic heterocycles. The molecule has 2 aromatic heterocycles. The number of likely N-dealkylation sites (tertiary alicyclic amines) is 1. The van der Waals surface area contributed by atoms with Crippen LogP contribution in [0.5, 0.6) is 0 Å². The predicted molar refractivity (Wildman–Crippen MR) is 154 cm³/mol. The molecule has 0 spiro atoms. The average Bonchev–Trinajstić information content (AvgIpc) is 2.97. The summed E-state index contributed by atoms with van der Waals surface area (Å²) >= 11 is 0. The number of benzene rings is 2. The van der Waals surface area contributed by atoms with Crippen molar-refractivity contribution in [2.24, 2.45) is 0 Å². The molecule has 0 amide bonds. The topological polar surface area (TPSA) is 41.4 Å². The smallest absolute Gasteiger partial charge is 0.251 e. The van der Waals surface area contributed by atoms with Crippen LogP contribution < -0.4 is 5.56 Å². The summed E-state index contributed by atoms with van der Waals surface area (Å²) in [7, 11) is 0. The summed E-state index contributed by atoms with van der Waals surface area (Å²) in [6.07, 6.45) is 5.67. The Labute approximate surface area is 224 Å². The Balaban J connectivity index is 1.21. The summed E-state index contributed by atoms with van der Waals surface area (Å²) in [5.74, 6) is 13.4. The van der Waals surface area contributed by atoms with Crippen LogP contribution in [0, 0.1) is 23.7 Å². The number of hydrogen-bond acceptors (Lipinski definition) is 4. The molecule has 4 aromatic rings. The number of nitrogens with zero attached hydrogens (tertiary/aromatic N) is 4. The first-order chi connectivity index (χ1) is 18.8. The van der Waals surface area contributed by atoms with Gasteiger partial charge in [0, 0.05) is 47.9 Å². The molecule has 2 aromatic carbocycles.